The molecule has 0 aromatic heterocycles. The first kappa shape index (κ1) is 8.05. The van der Waals surface area contributed by atoms with Gasteiger partial charge >= 0.3 is 0 Å². The van der Waals surface area contributed by atoms with Crippen LogP contribution < -0.4 is 5.32 Å². The summed E-state index contributed by atoms with van der Waals surface area (Å²) < 4.78 is 0. The van der Waals surface area contributed by atoms with Gasteiger partial charge in [-0.15, -0.1) is 0 Å². The van der Waals surface area contributed by atoms with Crippen LogP contribution in [0.4, 0.5) is 0 Å². The van der Waals surface area contributed by atoms with Gasteiger partial charge in [0.2, 0.25) is 5.91 Å². The molecule has 2 nitrogen and oxygen atoms in total. The first-order valence-corrected chi connectivity index (χ1v) is 4.31. The molecule has 0 saturated carbocycles. The van der Waals surface area contributed by atoms with E-state index in [9.17, 15) is 4.79 Å². The van der Waals surface area contributed by atoms with Gasteiger partial charge in [0.1, 0.15) is 0 Å². The van der Waals surface area contributed by atoms with Gasteiger partial charge in [0.05, 0.1) is 0 Å². The predicted molar refractivity (Wildman–Crippen MR) is 51.8 cm³/mol. The van der Waals surface area contributed by atoms with Crippen LogP contribution in [0.2, 0.25) is 0 Å². The van der Waals surface area contributed by atoms with E-state index in [0.29, 0.717) is 5.92 Å². The quantitative estimate of drug-likeness (QED) is 0.642. The molecule has 13 heavy (non-hydrogen) atoms. The summed E-state index contributed by atoms with van der Waals surface area (Å²) in [5.74, 6) is 0.387. The lowest BCUT2D eigenvalue weighted by Gasteiger charge is -2.13. The van der Waals surface area contributed by atoms with Crippen molar-refractivity contribution in [2.75, 3.05) is 0 Å². The third-order valence-electron chi connectivity index (χ3n) is 2.12. The average Bonchev–Trinajstić information content (AvgIpc) is 2.49. The molecule has 1 N–H and O–H groups in total. The van der Waals surface area contributed by atoms with Crippen molar-refractivity contribution in [3.63, 3.8) is 0 Å². The molecule has 0 spiro atoms. The van der Waals surface area contributed by atoms with Crippen LogP contribution in [-0.2, 0) is 4.79 Å². The zero-order valence-electron chi connectivity index (χ0n) is 7.45. The highest BCUT2D eigenvalue weighted by Gasteiger charge is 2.14. The molecule has 2 heteroatoms. The molecule has 0 radical (unpaired) electrons. The van der Waals surface area contributed by atoms with E-state index in [0.717, 1.165) is 5.70 Å². The van der Waals surface area contributed by atoms with Gasteiger partial charge in [0.25, 0.3) is 0 Å². The van der Waals surface area contributed by atoms with Crippen LogP contribution in [0.1, 0.15) is 6.92 Å². The van der Waals surface area contributed by atoms with Crippen molar-refractivity contribution in [1.82, 2.24) is 5.32 Å². The minimum Gasteiger partial charge on any atom is -0.326 e. The molecule has 0 saturated heterocycles. The van der Waals surface area contributed by atoms with E-state index < -0.39 is 0 Å². The Morgan fingerprint density at radius 3 is 3.08 bits per heavy atom. The Hall–Kier alpha value is -1.57. The van der Waals surface area contributed by atoms with Crippen molar-refractivity contribution in [2.24, 2.45) is 5.92 Å². The Kier molecular flexibility index (Phi) is 1.89. The lowest BCUT2D eigenvalue weighted by Crippen LogP contribution is -2.19. The van der Waals surface area contributed by atoms with Crippen LogP contribution in [0, 0.1) is 5.92 Å². The maximum atomic E-state index is 10.8. The van der Waals surface area contributed by atoms with Crippen LogP contribution in [0.3, 0.4) is 0 Å². The molecule has 1 atom stereocenters. The topological polar surface area (TPSA) is 29.1 Å². The standard InChI is InChI=1S/C11H11NO/c1-8(13)12-11-6-5-9-3-2-4-10(9)7-11/h2-7,9H,1H3,(H,12,13). The first-order valence-electron chi connectivity index (χ1n) is 4.31. The number of fused-ring (bicyclic) bond motifs is 1. The van der Waals surface area contributed by atoms with E-state index in [2.05, 4.69) is 23.5 Å². The fourth-order valence-electron chi connectivity index (χ4n) is 1.54. The second-order valence-corrected chi connectivity index (χ2v) is 3.22. The summed E-state index contributed by atoms with van der Waals surface area (Å²) in [6.45, 7) is 1.52. The molecule has 0 aromatic carbocycles. The van der Waals surface area contributed by atoms with E-state index in [1.54, 1.807) is 0 Å². The Morgan fingerprint density at radius 1 is 1.46 bits per heavy atom. The summed E-state index contributed by atoms with van der Waals surface area (Å²) in [4.78, 5) is 10.8. The number of hydrogen-bond acceptors (Lipinski definition) is 1. The number of rotatable bonds is 1. The van der Waals surface area contributed by atoms with Gasteiger partial charge in [-0.25, -0.2) is 0 Å². The van der Waals surface area contributed by atoms with Crippen molar-refractivity contribution >= 4 is 5.91 Å². The molecule has 1 unspecified atom stereocenters. The van der Waals surface area contributed by atoms with E-state index in [1.807, 2.05) is 18.2 Å². The van der Waals surface area contributed by atoms with Crippen LogP contribution >= 0.6 is 0 Å². The van der Waals surface area contributed by atoms with E-state index in [4.69, 9.17) is 0 Å². The van der Waals surface area contributed by atoms with Gasteiger partial charge < -0.3 is 5.32 Å². The zero-order valence-corrected chi connectivity index (χ0v) is 7.45. The molecule has 66 valence electrons. The Morgan fingerprint density at radius 2 is 2.31 bits per heavy atom. The maximum absolute atomic E-state index is 10.8. The zero-order chi connectivity index (χ0) is 9.26. The fraction of sp³-hybridized carbons (Fsp3) is 0.182. The third kappa shape index (κ3) is 1.61. The average molecular weight is 173 g/mol. The molecule has 0 aliphatic heterocycles. The monoisotopic (exact) mass is 173 g/mol. The van der Waals surface area contributed by atoms with Gasteiger partial charge in [-0.2, -0.15) is 0 Å². The first-order chi connectivity index (χ1) is 6.25. The van der Waals surface area contributed by atoms with Crippen molar-refractivity contribution in [2.45, 2.75) is 6.92 Å². The molecule has 2 rings (SSSR count). The number of carbonyl (C=O) groups excluding carboxylic acids is 1. The summed E-state index contributed by atoms with van der Waals surface area (Å²) in [6, 6.07) is 0. The van der Waals surface area contributed by atoms with Gasteiger partial charge in [-0.3, -0.25) is 4.79 Å². The Labute approximate surface area is 77.3 Å². The van der Waals surface area contributed by atoms with Crippen LogP contribution in [0.15, 0.2) is 47.7 Å². The highest BCUT2D eigenvalue weighted by atomic mass is 16.1. The lowest BCUT2D eigenvalue weighted by molar-refractivity contribution is -0.118. The SMILES string of the molecule is CC(=O)NC1=CC2=CC=CC2C=C1. The number of nitrogens with one attached hydrogen (secondary N) is 1. The smallest absolute Gasteiger partial charge is 0.221 e. The van der Waals surface area contributed by atoms with Gasteiger partial charge in [-0.1, -0.05) is 24.3 Å². The predicted octanol–water partition coefficient (Wildman–Crippen LogP) is 1.69. The molecular weight excluding hydrogens is 162 g/mol. The molecule has 2 aliphatic carbocycles. The Balaban J connectivity index is 2.17. The van der Waals surface area contributed by atoms with Crippen LogP contribution in [0.5, 0.6) is 0 Å². The van der Waals surface area contributed by atoms with Crippen LogP contribution in [-0.4, -0.2) is 5.91 Å². The summed E-state index contributed by atoms with van der Waals surface area (Å²) >= 11 is 0. The lowest BCUT2D eigenvalue weighted by atomic mass is 9.97. The van der Waals surface area contributed by atoms with Crippen molar-refractivity contribution < 1.29 is 4.79 Å². The van der Waals surface area contributed by atoms with Gasteiger partial charge in [0.15, 0.2) is 0 Å². The number of hydrogen-bond donors (Lipinski definition) is 1. The Bertz CT molecular complexity index is 358. The van der Waals surface area contributed by atoms with E-state index in [-0.39, 0.29) is 5.91 Å². The van der Waals surface area contributed by atoms with Crippen molar-refractivity contribution in [3.8, 4) is 0 Å². The number of carbonyl (C=O) groups is 1. The van der Waals surface area contributed by atoms with Crippen LogP contribution in [0.25, 0.3) is 0 Å². The van der Waals surface area contributed by atoms with E-state index >= 15 is 0 Å². The summed E-state index contributed by atoms with van der Waals surface area (Å²) in [6.07, 6.45) is 12.3. The second kappa shape index (κ2) is 3.05. The number of amides is 1. The molecule has 1 amide bonds. The summed E-state index contributed by atoms with van der Waals surface area (Å²) in [5.41, 5.74) is 2.12. The normalized spacial score (nSPS) is 23.6. The highest BCUT2D eigenvalue weighted by molar-refractivity contribution is 5.76. The minimum atomic E-state index is -0.0269. The van der Waals surface area contributed by atoms with Gasteiger partial charge in [0, 0.05) is 18.5 Å². The maximum Gasteiger partial charge on any atom is 0.221 e. The van der Waals surface area contributed by atoms with Crippen molar-refractivity contribution in [1.29, 1.82) is 0 Å². The van der Waals surface area contributed by atoms with Crippen molar-refractivity contribution in [3.05, 3.63) is 47.7 Å². The largest absolute Gasteiger partial charge is 0.326 e. The molecule has 2 aliphatic rings. The summed E-state index contributed by atoms with van der Waals surface area (Å²) in [5, 5.41) is 2.76. The molecule has 0 bridgehead atoms. The third-order valence-corrected chi connectivity index (χ3v) is 2.12. The molecule has 0 fully saturated rings. The highest BCUT2D eigenvalue weighted by Crippen LogP contribution is 2.26. The summed E-state index contributed by atoms with van der Waals surface area (Å²) in [7, 11) is 0. The number of allylic oxidation sites excluding steroid dienone is 7. The van der Waals surface area contributed by atoms with Gasteiger partial charge in [-0.05, 0) is 17.7 Å². The molecule has 0 heterocycles. The molecular formula is C11H11NO. The molecule has 0 aromatic rings. The second-order valence-electron chi connectivity index (χ2n) is 3.22. The fourth-order valence-corrected chi connectivity index (χ4v) is 1.54. The van der Waals surface area contributed by atoms with E-state index in [1.165, 1.54) is 12.5 Å². The minimum absolute atomic E-state index is 0.0269.